The lowest BCUT2D eigenvalue weighted by molar-refractivity contribution is 0.0670. The van der Waals surface area contributed by atoms with E-state index in [1.807, 2.05) is 12.3 Å². The quantitative estimate of drug-likeness (QED) is 0.511. The zero-order valence-corrected chi connectivity index (χ0v) is 17.3. The van der Waals surface area contributed by atoms with Crippen LogP contribution in [0.5, 0.6) is 5.75 Å². The second kappa shape index (κ2) is 6.38. The summed E-state index contributed by atoms with van der Waals surface area (Å²) in [5, 5.41) is 7.93. The maximum Gasteiger partial charge on any atom is 0.226 e. The molecule has 2 aromatic rings. The summed E-state index contributed by atoms with van der Waals surface area (Å²) in [6, 6.07) is 1.88. The van der Waals surface area contributed by atoms with E-state index in [9.17, 15) is 0 Å². The number of nitrogens with two attached hydrogens (primary N) is 1. The van der Waals surface area contributed by atoms with Crippen LogP contribution in [0.1, 0.15) is 33.6 Å². The highest BCUT2D eigenvalue weighted by atomic mass is 127. The van der Waals surface area contributed by atoms with Gasteiger partial charge in [-0.25, -0.2) is 0 Å². The Kier molecular flexibility index (Phi) is 4.79. The summed E-state index contributed by atoms with van der Waals surface area (Å²) in [6.07, 6.45) is 4.33. The fourth-order valence-corrected chi connectivity index (χ4v) is 4.68. The van der Waals surface area contributed by atoms with E-state index < -0.39 is 0 Å². The number of anilines is 1. The highest BCUT2D eigenvalue weighted by molar-refractivity contribution is 14.1. The average molecular weight is 493 g/mol. The van der Waals surface area contributed by atoms with Crippen LogP contribution in [0.25, 0.3) is 5.65 Å². The van der Waals surface area contributed by atoms with E-state index in [2.05, 4.69) is 69.5 Å². The van der Waals surface area contributed by atoms with Crippen molar-refractivity contribution in [3.8, 4) is 5.75 Å². The molecule has 1 aliphatic carbocycles. The standard InChI is InChI=1S/C16H22BrIN4O/c1-9-10(4-5-13(18)16(9,2)3)8-23-12-6-14-20-21-15(19)22(14)7-11(12)17/h6-7,9-10,13H,4-5,8H2,1-3H3,(H2,19,21)/t9-,10+,13+/m0/s1. The molecule has 0 radical (unpaired) electrons. The molecule has 0 unspecified atom stereocenters. The van der Waals surface area contributed by atoms with Crippen molar-refractivity contribution in [2.24, 2.45) is 17.3 Å². The van der Waals surface area contributed by atoms with Gasteiger partial charge < -0.3 is 10.5 Å². The molecule has 0 saturated heterocycles. The first-order chi connectivity index (χ1) is 10.8. The van der Waals surface area contributed by atoms with Crippen molar-refractivity contribution in [1.82, 2.24) is 14.6 Å². The van der Waals surface area contributed by atoms with Gasteiger partial charge in [-0.2, -0.15) is 0 Å². The summed E-state index contributed by atoms with van der Waals surface area (Å²) in [7, 11) is 0. The van der Waals surface area contributed by atoms with Crippen LogP contribution in [0.2, 0.25) is 0 Å². The minimum atomic E-state index is 0.343. The number of hydrogen-bond acceptors (Lipinski definition) is 4. The molecule has 0 spiro atoms. The van der Waals surface area contributed by atoms with Gasteiger partial charge in [0.05, 0.1) is 11.1 Å². The van der Waals surface area contributed by atoms with E-state index >= 15 is 0 Å². The molecule has 2 N–H and O–H groups in total. The molecule has 0 amide bonds. The molecule has 126 valence electrons. The predicted octanol–water partition coefficient (Wildman–Crippen LogP) is 4.33. The Balaban J connectivity index is 1.74. The number of halogens is 2. The van der Waals surface area contributed by atoms with Gasteiger partial charge in [0.2, 0.25) is 5.95 Å². The van der Waals surface area contributed by atoms with E-state index in [0.717, 1.165) is 20.8 Å². The highest BCUT2D eigenvalue weighted by Gasteiger charge is 2.41. The second-order valence-electron chi connectivity index (χ2n) is 7.00. The average Bonchev–Trinajstić information content (AvgIpc) is 2.85. The lowest BCUT2D eigenvalue weighted by Crippen LogP contribution is -2.42. The van der Waals surface area contributed by atoms with Crippen LogP contribution in [0.15, 0.2) is 16.7 Å². The molecule has 0 aliphatic heterocycles. The van der Waals surface area contributed by atoms with E-state index in [-0.39, 0.29) is 0 Å². The van der Waals surface area contributed by atoms with E-state index in [4.69, 9.17) is 10.5 Å². The van der Waals surface area contributed by atoms with E-state index in [1.165, 1.54) is 12.8 Å². The van der Waals surface area contributed by atoms with Crippen molar-refractivity contribution >= 4 is 50.1 Å². The number of aromatic nitrogens is 3. The van der Waals surface area contributed by atoms with Crippen molar-refractivity contribution in [2.75, 3.05) is 12.3 Å². The number of nitrogens with zero attached hydrogens (tertiary/aromatic N) is 3. The lowest BCUT2D eigenvalue weighted by Gasteiger charge is -2.45. The molecule has 23 heavy (non-hydrogen) atoms. The Labute approximate surface area is 158 Å². The first kappa shape index (κ1) is 17.3. The van der Waals surface area contributed by atoms with Gasteiger partial charge in [0.25, 0.3) is 0 Å². The minimum Gasteiger partial charge on any atom is -0.492 e. The first-order valence-electron chi connectivity index (χ1n) is 7.87. The molecule has 3 rings (SSSR count). The van der Waals surface area contributed by atoms with Gasteiger partial charge >= 0.3 is 0 Å². The maximum absolute atomic E-state index is 6.12. The largest absolute Gasteiger partial charge is 0.492 e. The number of ether oxygens (including phenoxy) is 1. The first-order valence-corrected chi connectivity index (χ1v) is 9.91. The molecule has 3 atom stereocenters. The van der Waals surface area contributed by atoms with Gasteiger partial charge in [0.15, 0.2) is 5.65 Å². The second-order valence-corrected chi connectivity index (χ2v) is 9.36. The molecule has 1 fully saturated rings. The Morgan fingerprint density at radius 2 is 2.17 bits per heavy atom. The summed E-state index contributed by atoms with van der Waals surface area (Å²) < 4.78 is 9.46. The van der Waals surface area contributed by atoms with Gasteiger partial charge in [-0.3, -0.25) is 4.40 Å². The number of pyridine rings is 1. The van der Waals surface area contributed by atoms with Crippen molar-refractivity contribution in [1.29, 1.82) is 0 Å². The van der Waals surface area contributed by atoms with E-state index in [0.29, 0.717) is 28.8 Å². The van der Waals surface area contributed by atoms with Crippen LogP contribution >= 0.6 is 38.5 Å². The molecular weight excluding hydrogens is 471 g/mol. The molecule has 5 nitrogen and oxygen atoms in total. The van der Waals surface area contributed by atoms with E-state index in [1.54, 1.807) is 4.40 Å². The number of hydrogen-bond donors (Lipinski definition) is 1. The van der Waals surface area contributed by atoms with Crippen LogP contribution in [0.4, 0.5) is 5.95 Å². The molecule has 1 saturated carbocycles. The minimum absolute atomic E-state index is 0.343. The summed E-state index contributed by atoms with van der Waals surface area (Å²) in [5.74, 6) is 2.38. The van der Waals surface area contributed by atoms with Crippen LogP contribution in [0.3, 0.4) is 0 Å². The van der Waals surface area contributed by atoms with Crippen molar-refractivity contribution in [3.63, 3.8) is 0 Å². The topological polar surface area (TPSA) is 65.4 Å². The molecule has 2 aromatic heterocycles. The molecule has 0 aromatic carbocycles. The number of fused-ring (bicyclic) bond motifs is 1. The number of alkyl halides is 1. The van der Waals surface area contributed by atoms with Crippen LogP contribution in [-0.2, 0) is 0 Å². The fraction of sp³-hybridized carbons (Fsp3) is 0.625. The van der Waals surface area contributed by atoms with Gasteiger partial charge in [-0.1, -0.05) is 43.4 Å². The monoisotopic (exact) mass is 492 g/mol. The summed E-state index contributed by atoms with van der Waals surface area (Å²) in [6.45, 7) is 7.84. The molecule has 7 heteroatoms. The smallest absolute Gasteiger partial charge is 0.226 e. The Hall–Kier alpha value is -0.570. The maximum atomic E-state index is 6.12. The van der Waals surface area contributed by atoms with Crippen molar-refractivity contribution in [3.05, 3.63) is 16.7 Å². The third-order valence-electron chi connectivity index (χ3n) is 5.42. The van der Waals surface area contributed by atoms with Crippen molar-refractivity contribution in [2.45, 2.75) is 37.5 Å². The van der Waals surface area contributed by atoms with Crippen LogP contribution in [0, 0.1) is 17.3 Å². The molecular formula is C16H22BrIN4O. The number of nitrogen functional groups attached to an aromatic ring is 1. The summed E-state index contributed by atoms with van der Waals surface area (Å²) >= 11 is 6.15. The third kappa shape index (κ3) is 3.18. The van der Waals surface area contributed by atoms with Crippen LogP contribution in [-0.4, -0.2) is 25.1 Å². The summed E-state index contributed by atoms with van der Waals surface area (Å²) in [4.78, 5) is 0. The van der Waals surface area contributed by atoms with Crippen molar-refractivity contribution < 1.29 is 4.74 Å². The van der Waals surface area contributed by atoms with Gasteiger partial charge in [-0.15, -0.1) is 10.2 Å². The highest BCUT2D eigenvalue weighted by Crippen LogP contribution is 2.47. The number of rotatable bonds is 3. The van der Waals surface area contributed by atoms with Gasteiger partial charge in [-0.05, 0) is 46.0 Å². The summed E-state index contributed by atoms with van der Waals surface area (Å²) in [5.41, 5.74) is 6.82. The van der Waals surface area contributed by atoms with Gasteiger partial charge in [0.1, 0.15) is 5.75 Å². The Morgan fingerprint density at radius 3 is 2.91 bits per heavy atom. The molecule has 0 bridgehead atoms. The zero-order valence-electron chi connectivity index (χ0n) is 13.6. The Bertz CT molecular complexity index is 717. The third-order valence-corrected chi connectivity index (χ3v) is 8.24. The predicted molar refractivity (Wildman–Crippen MR) is 104 cm³/mol. The normalized spacial score (nSPS) is 27.3. The van der Waals surface area contributed by atoms with Crippen LogP contribution < -0.4 is 10.5 Å². The Morgan fingerprint density at radius 1 is 1.43 bits per heavy atom. The lowest BCUT2D eigenvalue weighted by atomic mass is 9.65. The molecule has 2 heterocycles. The SMILES string of the molecule is C[C@H]1[C@@H](COc2cc3nnc(N)n3cc2Br)CC[C@@H](I)C1(C)C. The zero-order chi connectivity index (χ0) is 16.8. The van der Waals surface area contributed by atoms with Gasteiger partial charge in [0, 0.05) is 16.2 Å². The fourth-order valence-electron chi connectivity index (χ4n) is 3.32. The molecule has 1 aliphatic rings.